The predicted octanol–water partition coefficient (Wildman–Crippen LogP) is 3.39. The smallest absolute Gasteiger partial charge is 0.243 e. The third-order valence-corrected chi connectivity index (χ3v) is 4.21. The number of rotatable bonds is 4. The normalized spacial score (nSPS) is 19.5. The fraction of sp³-hybridized carbons (Fsp3) is 0.529. The Morgan fingerprint density at radius 2 is 2.05 bits per heavy atom. The van der Waals surface area contributed by atoms with Crippen molar-refractivity contribution in [1.29, 1.82) is 0 Å². The van der Waals surface area contributed by atoms with Crippen LogP contribution in [0.4, 0.5) is 0 Å². The molecular weight excluding hydrogens is 262 g/mol. The largest absolute Gasteiger partial charge is 0.338 e. The Balaban J connectivity index is 1.73. The Morgan fingerprint density at radius 3 is 2.81 bits per heavy atom. The standard InChI is InChI=1S/C17H23N3O/c1-11(2)9-15(18)17-19-16(20-21-17)14-8-7-12-5-3-4-6-13(12)10-14/h3-6,11,14-15H,7-10,18H2,1-2H3/t14?,15-/m0/s1. The van der Waals surface area contributed by atoms with Gasteiger partial charge in [-0.1, -0.05) is 43.3 Å². The summed E-state index contributed by atoms with van der Waals surface area (Å²) in [4.78, 5) is 4.56. The third-order valence-electron chi connectivity index (χ3n) is 4.21. The Labute approximate surface area is 125 Å². The van der Waals surface area contributed by atoms with Crippen molar-refractivity contribution in [1.82, 2.24) is 10.1 Å². The first-order valence-electron chi connectivity index (χ1n) is 7.79. The van der Waals surface area contributed by atoms with E-state index in [-0.39, 0.29) is 6.04 Å². The predicted molar refractivity (Wildman–Crippen MR) is 81.9 cm³/mol. The van der Waals surface area contributed by atoms with Crippen LogP contribution in [0.2, 0.25) is 0 Å². The molecule has 0 bridgehead atoms. The highest BCUT2D eigenvalue weighted by molar-refractivity contribution is 5.31. The van der Waals surface area contributed by atoms with Crippen LogP contribution in [0.25, 0.3) is 0 Å². The van der Waals surface area contributed by atoms with Crippen molar-refractivity contribution in [3.05, 3.63) is 47.1 Å². The minimum atomic E-state index is -0.151. The lowest BCUT2D eigenvalue weighted by Crippen LogP contribution is -2.15. The zero-order valence-corrected chi connectivity index (χ0v) is 12.7. The van der Waals surface area contributed by atoms with Gasteiger partial charge < -0.3 is 10.3 Å². The van der Waals surface area contributed by atoms with Crippen LogP contribution in [0.5, 0.6) is 0 Å². The molecule has 2 atom stereocenters. The van der Waals surface area contributed by atoms with Crippen molar-refractivity contribution in [2.45, 2.75) is 51.5 Å². The van der Waals surface area contributed by atoms with E-state index in [0.29, 0.717) is 17.7 Å². The van der Waals surface area contributed by atoms with E-state index in [1.54, 1.807) is 0 Å². The SMILES string of the molecule is CC(C)C[C@H](N)c1nc(C2CCc3ccccc3C2)no1. The van der Waals surface area contributed by atoms with E-state index in [2.05, 4.69) is 48.3 Å². The van der Waals surface area contributed by atoms with Crippen LogP contribution >= 0.6 is 0 Å². The first-order chi connectivity index (χ1) is 10.1. The van der Waals surface area contributed by atoms with Crippen LogP contribution in [0.15, 0.2) is 28.8 Å². The molecule has 1 aromatic heterocycles. The molecule has 4 nitrogen and oxygen atoms in total. The second-order valence-corrected chi connectivity index (χ2v) is 6.44. The van der Waals surface area contributed by atoms with Crippen LogP contribution in [0.1, 0.15) is 61.5 Å². The molecule has 1 aliphatic rings. The minimum Gasteiger partial charge on any atom is -0.338 e. The average Bonchev–Trinajstić information content (AvgIpc) is 2.96. The van der Waals surface area contributed by atoms with Crippen LogP contribution < -0.4 is 5.73 Å². The van der Waals surface area contributed by atoms with Crippen molar-refractivity contribution in [3.8, 4) is 0 Å². The highest BCUT2D eigenvalue weighted by Crippen LogP contribution is 2.31. The topological polar surface area (TPSA) is 64.9 Å². The molecule has 0 aliphatic heterocycles. The molecule has 21 heavy (non-hydrogen) atoms. The van der Waals surface area contributed by atoms with Gasteiger partial charge in [0.15, 0.2) is 5.82 Å². The Morgan fingerprint density at radius 1 is 1.29 bits per heavy atom. The molecule has 0 amide bonds. The number of hydrogen-bond acceptors (Lipinski definition) is 4. The molecule has 1 heterocycles. The third kappa shape index (κ3) is 3.16. The lowest BCUT2D eigenvalue weighted by molar-refractivity contribution is 0.329. The molecule has 0 saturated carbocycles. The van der Waals surface area contributed by atoms with Gasteiger partial charge in [-0.2, -0.15) is 4.98 Å². The number of nitrogens with two attached hydrogens (primary N) is 1. The van der Waals surface area contributed by atoms with E-state index in [9.17, 15) is 0 Å². The molecule has 2 aromatic rings. The maximum absolute atomic E-state index is 6.12. The van der Waals surface area contributed by atoms with Gasteiger partial charge in [-0.25, -0.2) is 0 Å². The van der Waals surface area contributed by atoms with Gasteiger partial charge in [-0.05, 0) is 42.7 Å². The summed E-state index contributed by atoms with van der Waals surface area (Å²) in [5.41, 5.74) is 8.98. The van der Waals surface area contributed by atoms with Crippen LogP contribution in [0, 0.1) is 5.92 Å². The summed E-state index contributed by atoms with van der Waals surface area (Å²) >= 11 is 0. The molecule has 1 aromatic carbocycles. The number of aromatic nitrogens is 2. The molecular formula is C17H23N3O. The molecule has 1 unspecified atom stereocenters. The van der Waals surface area contributed by atoms with Crippen LogP contribution in [-0.4, -0.2) is 10.1 Å². The first kappa shape index (κ1) is 14.3. The number of aryl methyl sites for hydroxylation is 1. The monoisotopic (exact) mass is 285 g/mol. The molecule has 0 fully saturated rings. The highest BCUT2D eigenvalue weighted by Gasteiger charge is 2.25. The van der Waals surface area contributed by atoms with Crippen molar-refractivity contribution in [2.24, 2.45) is 11.7 Å². The zero-order valence-electron chi connectivity index (χ0n) is 12.7. The summed E-state index contributed by atoms with van der Waals surface area (Å²) in [6.45, 7) is 4.30. The van der Waals surface area contributed by atoms with E-state index in [4.69, 9.17) is 10.3 Å². The Hall–Kier alpha value is -1.68. The van der Waals surface area contributed by atoms with Crippen LogP contribution in [0.3, 0.4) is 0 Å². The summed E-state index contributed by atoms with van der Waals surface area (Å²) in [5.74, 6) is 2.27. The second kappa shape index (κ2) is 5.98. The van der Waals surface area contributed by atoms with E-state index in [1.165, 1.54) is 11.1 Å². The van der Waals surface area contributed by atoms with Gasteiger partial charge in [-0.3, -0.25) is 0 Å². The number of fused-ring (bicyclic) bond motifs is 1. The van der Waals surface area contributed by atoms with Gasteiger partial charge in [0.25, 0.3) is 0 Å². The summed E-state index contributed by atoms with van der Waals surface area (Å²) < 4.78 is 5.38. The molecule has 1 aliphatic carbocycles. The first-order valence-corrected chi connectivity index (χ1v) is 7.79. The molecule has 0 radical (unpaired) electrons. The quantitative estimate of drug-likeness (QED) is 0.935. The highest BCUT2D eigenvalue weighted by atomic mass is 16.5. The zero-order chi connectivity index (χ0) is 14.8. The Bertz CT molecular complexity index is 606. The maximum atomic E-state index is 6.12. The molecule has 112 valence electrons. The van der Waals surface area contributed by atoms with E-state index < -0.39 is 0 Å². The summed E-state index contributed by atoms with van der Waals surface area (Å²) in [6.07, 6.45) is 4.03. The number of nitrogens with zero attached hydrogens (tertiary/aromatic N) is 2. The number of hydrogen-bond donors (Lipinski definition) is 1. The minimum absolute atomic E-state index is 0.151. The van der Waals surface area contributed by atoms with Gasteiger partial charge in [0, 0.05) is 5.92 Å². The second-order valence-electron chi connectivity index (χ2n) is 6.44. The molecule has 2 N–H and O–H groups in total. The summed E-state index contributed by atoms with van der Waals surface area (Å²) in [6, 6.07) is 8.47. The number of benzene rings is 1. The average molecular weight is 285 g/mol. The summed E-state index contributed by atoms with van der Waals surface area (Å²) in [5, 5.41) is 4.18. The van der Waals surface area contributed by atoms with Crippen molar-refractivity contribution < 1.29 is 4.52 Å². The fourth-order valence-electron chi connectivity index (χ4n) is 3.09. The molecule has 0 spiro atoms. The van der Waals surface area contributed by atoms with Gasteiger partial charge in [0.1, 0.15) is 0 Å². The van der Waals surface area contributed by atoms with Gasteiger partial charge in [0.2, 0.25) is 5.89 Å². The van der Waals surface area contributed by atoms with Crippen molar-refractivity contribution in [3.63, 3.8) is 0 Å². The van der Waals surface area contributed by atoms with Crippen molar-refractivity contribution in [2.75, 3.05) is 0 Å². The summed E-state index contributed by atoms with van der Waals surface area (Å²) in [7, 11) is 0. The van der Waals surface area contributed by atoms with Gasteiger partial charge >= 0.3 is 0 Å². The van der Waals surface area contributed by atoms with E-state index in [0.717, 1.165) is 31.5 Å². The van der Waals surface area contributed by atoms with Gasteiger partial charge in [0.05, 0.1) is 6.04 Å². The van der Waals surface area contributed by atoms with Gasteiger partial charge in [-0.15, -0.1) is 0 Å². The lowest BCUT2D eigenvalue weighted by Gasteiger charge is -2.21. The Kier molecular flexibility index (Phi) is 4.06. The van der Waals surface area contributed by atoms with Crippen molar-refractivity contribution >= 4 is 0 Å². The van der Waals surface area contributed by atoms with Crippen LogP contribution in [-0.2, 0) is 12.8 Å². The molecule has 4 heteroatoms. The fourth-order valence-corrected chi connectivity index (χ4v) is 3.09. The van der Waals surface area contributed by atoms with E-state index >= 15 is 0 Å². The maximum Gasteiger partial charge on any atom is 0.243 e. The van der Waals surface area contributed by atoms with E-state index in [1.807, 2.05) is 0 Å². The lowest BCUT2D eigenvalue weighted by atomic mass is 9.83. The molecule has 0 saturated heterocycles. The molecule has 3 rings (SSSR count).